The third-order valence-electron chi connectivity index (χ3n) is 3.06. The SMILES string of the molecule is COc1c(C)c(C)nn1-c1c(F)c(F)c(C#N)c(F)c1F. The van der Waals surface area contributed by atoms with Gasteiger partial charge in [0.1, 0.15) is 17.3 Å². The van der Waals surface area contributed by atoms with E-state index < -0.39 is 34.5 Å². The van der Waals surface area contributed by atoms with Crippen molar-refractivity contribution >= 4 is 0 Å². The molecule has 0 fully saturated rings. The first-order valence-electron chi connectivity index (χ1n) is 5.71. The van der Waals surface area contributed by atoms with Gasteiger partial charge in [0.25, 0.3) is 0 Å². The van der Waals surface area contributed by atoms with Crippen LogP contribution in [0.4, 0.5) is 17.6 Å². The number of methoxy groups -OCH3 is 1. The Labute approximate surface area is 117 Å². The van der Waals surface area contributed by atoms with Crippen LogP contribution in [0.15, 0.2) is 0 Å². The van der Waals surface area contributed by atoms with E-state index in [1.54, 1.807) is 13.8 Å². The summed E-state index contributed by atoms with van der Waals surface area (Å²) in [5, 5.41) is 12.4. The van der Waals surface area contributed by atoms with E-state index in [2.05, 4.69) is 5.10 Å². The van der Waals surface area contributed by atoms with Gasteiger partial charge in [-0.2, -0.15) is 15.0 Å². The summed E-state index contributed by atoms with van der Waals surface area (Å²) in [6.45, 7) is 3.12. The lowest BCUT2D eigenvalue weighted by Crippen LogP contribution is -2.11. The highest BCUT2D eigenvalue weighted by atomic mass is 19.2. The van der Waals surface area contributed by atoms with Crippen LogP contribution in [0.3, 0.4) is 0 Å². The van der Waals surface area contributed by atoms with Crippen LogP contribution in [-0.2, 0) is 0 Å². The summed E-state index contributed by atoms with van der Waals surface area (Å²) in [5.41, 5.74) is -1.57. The third kappa shape index (κ3) is 2.01. The summed E-state index contributed by atoms with van der Waals surface area (Å²) in [4.78, 5) is 0. The minimum atomic E-state index is -1.78. The highest BCUT2D eigenvalue weighted by Crippen LogP contribution is 2.31. The number of nitriles is 1. The molecule has 2 rings (SSSR count). The molecule has 0 saturated heterocycles. The number of aryl methyl sites for hydroxylation is 1. The summed E-state index contributed by atoms with van der Waals surface area (Å²) < 4.78 is 60.8. The van der Waals surface area contributed by atoms with Crippen molar-refractivity contribution in [2.45, 2.75) is 13.8 Å². The van der Waals surface area contributed by atoms with Crippen LogP contribution in [-0.4, -0.2) is 16.9 Å². The first-order chi connectivity index (χ1) is 9.84. The molecule has 0 aliphatic heterocycles. The molecule has 0 radical (unpaired) electrons. The van der Waals surface area contributed by atoms with Crippen LogP contribution in [0.5, 0.6) is 5.88 Å². The van der Waals surface area contributed by atoms with E-state index in [0.717, 1.165) is 6.07 Å². The number of hydrogen-bond donors (Lipinski definition) is 0. The second kappa shape index (κ2) is 5.09. The quantitative estimate of drug-likeness (QED) is 0.633. The summed E-state index contributed by atoms with van der Waals surface area (Å²) >= 11 is 0. The Bertz CT molecular complexity index is 748. The molecule has 0 unspecified atom stereocenters. The van der Waals surface area contributed by atoms with Crippen molar-refractivity contribution in [2.24, 2.45) is 0 Å². The van der Waals surface area contributed by atoms with Crippen molar-refractivity contribution in [2.75, 3.05) is 7.11 Å². The molecule has 0 saturated carbocycles. The van der Waals surface area contributed by atoms with Crippen LogP contribution in [0.2, 0.25) is 0 Å². The van der Waals surface area contributed by atoms with Crippen LogP contribution in [0.1, 0.15) is 16.8 Å². The van der Waals surface area contributed by atoms with Gasteiger partial charge in [0.05, 0.1) is 12.8 Å². The molecule has 1 heterocycles. The van der Waals surface area contributed by atoms with Crippen LogP contribution < -0.4 is 4.74 Å². The predicted molar refractivity (Wildman–Crippen MR) is 64.1 cm³/mol. The second-order valence-corrected chi connectivity index (χ2v) is 4.22. The maximum atomic E-state index is 14.0. The summed E-state index contributed by atoms with van der Waals surface area (Å²) in [6.07, 6.45) is 0. The van der Waals surface area contributed by atoms with Crippen molar-refractivity contribution in [3.8, 4) is 17.6 Å². The Balaban J connectivity index is 2.90. The molecule has 110 valence electrons. The summed E-state index contributed by atoms with van der Waals surface area (Å²) in [6, 6.07) is 1.08. The number of nitrogens with zero attached hydrogens (tertiary/aromatic N) is 3. The summed E-state index contributed by atoms with van der Waals surface area (Å²) in [7, 11) is 1.23. The van der Waals surface area contributed by atoms with E-state index in [1.807, 2.05) is 0 Å². The van der Waals surface area contributed by atoms with E-state index >= 15 is 0 Å². The van der Waals surface area contributed by atoms with Gasteiger partial charge in [-0.1, -0.05) is 0 Å². The molecule has 21 heavy (non-hydrogen) atoms. The van der Waals surface area contributed by atoms with E-state index in [4.69, 9.17) is 10.00 Å². The van der Waals surface area contributed by atoms with Gasteiger partial charge in [-0.3, -0.25) is 0 Å². The maximum Gasteiger partial charge on any atom is 0.219 e. The van der Waals surface area contributed by atoms with Gasteiger partial charge in [-0.25, -0.2) is 17.6 Å². The van der Waals surface area contributed by atoms with Gasteiger partial charge < -0.3 is 4.74 Å². The number of aromatic nitrogens is 2. The number of ether oxygens (including phenoxy) is 1. The molecular weight excluding hydrogens is 290 g/mol. The van der Waals surface area contributed by atoms with Gasteiger partial charge in [0.15, 0.2) is 23.3 Å². The fraction of sp³-hybridized carbons (Fsp3) is 0.231. The van der Waals surface area contributed by atoms with Gasteiger partial charge in [0, 0.05) is 5.56 Å². The zero-order chi connectivity index (χ0) is 15.9. The number of hydrogen-bond acceptors (Lipinski definition) is 3. The molecule has 0 aliphatic rings. The maximum absolute atomic E-state index is 14.0. The largest absolute Gasteiger partial charge is 0.481 e. The van der Waals surface area contributed by atoms with Crippen molar-refractivity contribution in [3.63, 3.8) is 0 Å². The molecule has 0 bridgehead atoms. The van der Waals surface area contributed by atoms with Crippen molar-refractivity contribution in [1.29, 1.82) is 5.26 Å². The van der Waals surface area contributed by atoms with Crippen LogP contribution in [0.25, 0.3) is 5.69 Å². The lowest BCUT2D eigenvalue weighted by Gasteiger charge is -2.11. The normalized spacial score (nSPS) is 10.6. The van der Waals surface area contributed by atoms with Crippen molar-refractivity contribution in [1.82, 2.24) is 9.78 Å². The summed E-state index contributed by atoms with van der Waals surface area (Å²) in [5.74, 6) is -7.05. The number of halogens is 4. The first kappa shape index (κ1) is 14.8. The Hall–Kier alpha value is -2.56. The molecule has 8 heteroatoms. The Morgan fingerprint density at radius 2 is 1.57 bits per heavy atom. The Kier molecular flexibility index (Phi) is 3.60. The molecule has 2 aromatic rings. The Morgan fingerprint density at radius 1 is 1.05 bits per heavy atom. The Morgan fingerprint density at radius 3 is 2.00 bits per heavy atom. The average Bonchev–Trinajstić information content (AvgIpc) is 2.73. The van der Waals surface area contributed by atoms with Crippen LogP contribution >= 0.6 is 0 Å². The minimum absolute atomic E-state index is 0.0613. The van der Waals surface area contributed by atoms with E-state index in [0.29, 0.717) is 15.9 Å². The molecule has 0 aliphatic carbocycles. The lowest BCUT2D eigenvalue weighted by atomic mass is 10.1. The highest BCUT2D eigenvalue weighted by molar-refractivity contribution is 5.47. The fourth-order valence-corrected chi connectivity index (χ4v) is 1.88. The molecule has 0 atom stereocenters. The van der Waals surface area contributed by atoms with Gasteiger partial charge in [-0.05, 0) is 13.8 Å². The lowest BCUT2D eigenvalue weighted by molar-refractivity contribution is 0.371. The molecule has 0 amide bonds. The van der Waals surface area contributed by atoms with E-state index in [-0.39, 0.29) is 5.88 Å². The molecule has 1 aromatic heterocycles. The molecule has 0 N–H and O–H groups in total. The molecular formula is C13H9F4N3O. The smallest absolute Gasteiger partial charge is 0.219 e. The zero-order valence-electron chi connectivity index (χ0n) is 11.3. The zero-order valence-corrected chi connectivity index (χ0v) is 11.3. The topological polar surface area (TPSA) is 50.8 Å². The van der Waals surface area contributed by atoms with E-state index in [9.17, 15) is 17.6 Å². The van der Waals surface area contributed by atoms with Crippen molar-refractivity contribution < 1.29 is 22.3 Å². The monoisotopic (exact) mass is 299 g/mol. The van der Waals surface area contributed by atoms with Gasteiger partial charge in [-0.15, -0.1) is 0 Å². The standard InChI is InChI=1S/C13H9F4N3O/c1-5-6(2)19-20(13(5)21-3)12-10(16)8(14)7(4-18)9(15)11(12)17/h1-3H3. The van der Waals surface area contributed by atoms with Crippen LogP contribution in [0, 0.1) is 48.4 Å². The van der Waals surface area contributed by atoms with Crippen molar-refractivity contribution in [3.05, 3.63) is 40.1 Å². The molecule has 0 spiro atoms. The number of benzene rings is 1. The van der Waals surface area contributed by atoms with Gasteiger partial charge >= 0.3 is 0 Å². The fourth-order valence-electron chi connectivity index (χ4n) is 1.88. The minimum Gasteiger partial charge on any atom is -0.481 e. The molecule has 1 aromatic carbocycles. The third-order valence-corrected chi connectivity index (χ3v) is 3.06. The first-order valence-corrected chi connectivity index (χ1v) is 5.71. The number of rotatable bonds is 2. The van der Waals surface area contributed by atoms with Gasteiger partial charge in [0.2, 0.25) is 5.88 Å². The average molecular weight is 299 g/mol. The highest BCUT2D eigenvalue weighted by Gasteiger charge is 2.29. The second-order valence-electron chi connectivity index (χ2n) is 4.22. The predicted octanol–water partition coefficient (Wildman–Crippen LogP) is 2.93. The van der Waals surface area contributed by atoms with E-state index in [1.165, 1.54) is 7.11 Å². The molecule has 4 nitrogen and oxygen atoms in total.